The Morgan fingerprint density at radius 2 is 1.70 bits per heavy atom. The number of hydrogen-bond acceptors (Lipinski definition) is 2. The molecule has 0 radical (unpaired) electrons. The molecule has 0 bridgehead atoms. The van der Waals surface area contributed by atoms with Crippen LogP contribution in [0, 0.1) is 0 Å². The zero-order chi connectivity index (χ0) is 6.81. The van der Waals surface area contributed by atoms with Crippen LogP contribution in [0.5, 0.6) is 0 Å². The zero-order valence-corrected chi connectivity index (χ0v) is 6.46. The summed E-state index contributed by atoms with van der Waals surface area (Å²) < 4.78 is 10.8. The van der Waals surface area contributed by atoms with E-state index in [1.165, 1.54) is 0 Å². The third-order valence-corrected chi connectivity index (χ3v) is 3.20. The van der Waals surface area contributed by atoms with Crippen LogP contribution < -0.4 is 0 Å². The molecule has 0 spiro atoms. The van der Waals surface area contributed by atoms with E-state index in [2.05, 4.69) is 12.2 Å². The minimum atomic E-state index is -0.620. The molecule has 0 atom stereocenters. The van der Waals surface area contributed by atoms with Crippen LogP contribution in [0.2, 0.25) is 0 Å². The lowest BCUT2D eigenvalue weighted by Gasteiger charge is -2.10. The number of hydrogen-bond donors (Lipinski definition) is 0. The molecule has 2 nitrogen and oxygen atoms in total. The summed E-state index contributed by atoms with van der Waals surface area (Å²) in [6.07, 6.45) is 8.32. The predicted molar refractivity (Wildman–Crippen MR) is 40.9 cm³/mol. The molecular formula is C7H9O2P. The van der Waals surface area contributed by atoms with Crippen molar-refractivity contribution in [3.8, 4) is 0 Å². The Balaban J connectivity index is 1.98. The average Bonchev–Trinajstić information content (AvgIpc) is 2.59. The molecule has 3 heteroatoms. The molecule has 1 saturated heterocycles. The molecule has 54 valence electrons. The van der Waals surface area contributed by atoms with Gasteiger partial charge in [0.2, 0.25) is 0 Å². The van der Waals surface area contributed by atoms with Crippen molar-refractivity contribution in [2.75, 3.05) is 13.2 Å². The van der Waals surface area contributed by atoms with Crippen molar-refractivity contribution < 1.29 is 9.05 Å². The topological polar surface area (TPSA) is 18.5 Å². The normalized spacial score (nSPS) is 26.8. The van der Waals surface area contributed by atoms with Crippen LogP contribution in [0.15, 0.2) is 24.3 Å². The van der Waals surface area contributed by atoms with Gasteiger partial charge in [0, 0.05) is 0 Å². The molecule has 0 aromatic rings. The van der Waals surface area contributed by atoms with Crippen LogP contribution >= 0.6 is 8.38 Å². The molecule has 1 aliphatic heterocycles. The average molecular weight is 156 g/mol. The molecular weight excluding hydrogens is 147 g/mol. The van der Waals surface area contributed by atoms with E-state index in [4.69, 9.17) is 9.05 Å². The monoisotopic (exact) mass is 156 g/mol. The van der Waals surface area contributed by atoms with Gasteiger partial charge < -0.3 is 9.05 Å². The van der Waals surface area contributed by atoms with Gasteiger partial charge in [0.25, 0.3) is 0 Å². The maximum absolute atomic E-state index is 5.38. The first-order valence-corrected chi connectivity index (χ1v) is 4.61. The molecule has 0 unspecified atom stereocenters. The molecule has 1 heterocycles. The summed E-state index contributed by atoms with van der Waals surface area (Å²) in [5.74, 6) is 0. The first-order chi connectivity index (χ1) is 4.97. The molecule has 0 aromatic heterocycles. The van der Waals surface area contributed by atoms with E-state index in [1.807, 2.05) is 12.2 Å². The largest absolute Gasteiger partial charge is 0.331 e. The van der Waals surface area contributed by atoms with Crippen molar-refractivity contribution in [3.63, 3.8) is 0 Å². The Morgan fingerprint density at radius 1 is 1.10 bits per heavy atom. The molecule has 0 saturated carbocycles. The minimum Gasteiger partial charge on any atom is -0.331 e. The fourth-order valence-corrected chi connectivity index (χ4v) is 2.43. The Kier molecular flexibility index (Phi) is 1.85. The van der Waals surface area contributed by atoms with Gasteiger partial charge in [0.05, 0.1) is 18.9 Å². The second-order valence-electron chi connectivity index (χ2n) is 2.21. The van der Waals surface area contributed by atoms with Gasteiger partial charge in [-0.1, -0.05) is 24.3 Å². The molecule has 2 rings (SSSR count). The molecule has 10 heavy (non-hydrogen) atoms. The van der Waals surface area contributed by atoms with E-state index in [-0.39, 0.29) is 0 Å². The standard InChI is InChI=1S/C7H9O2P/c1-2-4-7(3-1)10-8-5-6-9-10/h1-4,7H,5-6H2. The lowest BCUT2D eigenvalue weighted by atomic mass is 10.5. The van der Waals surface area contributed by atoms with Crippen LogP contribution in [-0.4, -0.2) is 18.9 Å². The highest BCUT2D eigenvalue weighted by Gasteiger charge is 2.24. The highest BCUT2D eigenvalue weighted by Crippen LogP contribution is 2.49. The van der Waals surface area contributed by atoms with Crippen LogP contribution in [0.3, 0.4) is 0 Å². The summed E-state index contributed by atoms with van der Waals surface area (Å²) in [6, 6.07) is 0. The first kappa shape index (κ1) is 6.53. The quantitative estimate of drug-likeness (QED) is 0.539. The van der Waals surface area contributed by atoms with E-state index in [1.54, 1.807) is 0 Å². The van der Waals surface area contributed by atoms with E-state index in [0.29, 0.717) is 5.66 Å². The summed E-state index contributed by atoms with van der Waals surface area (Å²) >= 11 is 0. The highest BCUT2D eigenvalue weighted by molar-refractivity contribution is 7.48. The van der Waals surface area contributed by atoms with Gasteiger partial charge in [-0.25, -0.2) is 0 Å². The van der Waals surface area contributed by atoms with Gasteiger partial charge in [-0.05, 0) is 0 Å². The van der Waals surface area contributed by atoms with Gasteiger partial charge in [0.15, 0.2) is 8.38 Å². The van der Waals surface area contributed by atoms with Crippen LogP contribution in [0.25, 0.3) is 0 Å². The fourth-order valence-electron chi connectivity index (χ4n) is 1.02. The predicted octanol–water partition coefficient (Wildman–Crippen LogP) is 1.84. The van der Waals surface area contributed by atoms with Gasteiger partial charge in [0.1, 0.15) is 0 Å². The smallest absolute Gasteiger partial charge is 0.182 e. The first-order valence-electron chi connectivity index (χ1n) is 3.37. The molecule has 0 N–H and O–H groups in total. The third-order valence-electron chi connectivity index (χ3n) is 1.49. The van der Waals surface area contributed by atoms with Crippen molar-refractivity contribution >= 4 is 8.38 Å². The van der Waals surface area contributed by atoms with Crippen molar-refractivity contribution in [3.05, 3.63) is 24.3 Å². The van der Waals surface area contributed by atoms with E-state index in [0.717, 1.165) is 13.2 Å². The van der Waals surface area contributed by atoms with Crippen LogP contribution in [-0.2, 0) is 9.05 Å². The Bertz CT molecular complexity index is 158. The maximum atomic E-state index is 5.38. The van der Waals surface area contributed by atoms with Crippen LogP contribution in [0.1, 0.15) is 0 Å². The van der Waals surface area contributed by atoms with E-state index < -0.39 is 8.38 Å². The summed E-state index contributed by atoms with van der Waals surface area (Å²) in [5.41, 5.74) is 0.414. The number of allylic oxidation sites excluding steroid dienone is 4. The number of rotatable bonds is 1. The Hall–Kier alpha value is -0.170. The molecule has 2 aliphatic rings. The molecule has 1 fully saturated rings. The molecule has 0 aromatic carbocycles. The molecule has 1 aliphatic carbocycles. The summed E-state index contributed by atoms with van der Waals surface area (Å²) in [4.78, 5) is 0. The minimum absolute atomic E-state index is 0.414. The van der Waals surface area contributed by atoms with Crippen molar-refractivity contribution in [2.24, 2.45) is 0 Å². The zero-order valence-electron chi connectivity index (χ0n) is 5.56. The maximum Gasteiger partial charge on any atom is 0.182 e. The third kappa shape index (κ3) is 1.15. The summed E-state index contributed by atoms with van der Waals surface area (Å²) in [7, 11) is -0.620. The van der Waals surface area contributed by atoms with Crippen LogP contribution in [0.4, 0.5) is 0 Å². The highest BCUT2D eigenvalue weighted by atomic mass is 31.2. The van der Waals surface area contributed by atoms with Gasteiger partial charge in [-0.3, -0.25) is 0 Å². The SMILES string of the molecule is C1=CC(P2OCCO2)C=C1. The van der Waals surface area contributed by atoms with Crippen molar-refractivity contribution in [1.82, 2.24) is 0 Å². The lowest BCUT2D eigenvalue weighted by molar-refractivity contribution is 0.365. The second kappa shape index (κ2) is 2.83. The molecule has 0 amide bonds. The second-order valence-corrected chi connectivity index (χ2v) is 3.90. The Labute approximate surface area is 61.4 Å². The van der Waals surface area contributed by atoms with Gasteiger partial charge in [-0.2, -0.15) is 0 Å². The fraction of sp³-hybridized carbons (Fsp3) is 0.429. The Morgan fingerprint density at radius 3 is 2.30 bits per heavy atom. The van der Waals surface area contributed by atoms with E-state index >= 15 is 0 Å². The summed E-state index contributed by atoms with van der Waals surface area (Å²) in [5, 5.41) is 0. The van der Waals surface area contributed by atoms with Gasteiger partial charge in [-0.15, -0.1) is 0 Å². The van der Waals surface area contributed by atoms with Crippen molar-refractivity contribution in [2.45, 2.75) is 5.66 Å². The summed E-state index contributed by atoms with van der Waals surface area (Å²) in [6.45, 7) is 1.54. The van der Waals surface area contributed by atoms with Crippen molar-refractivity contribution in [1.29, 1.82) is 0 Å². The lowest BCUT2D eigenvalue weighted by Crippen LogP contribution is -1.93. The van der Waals surface area contributed by atoms with Gasteiger partial charge >= 0.3 is 0 Å². The van der Waals surface area contributed by atoms with E-state index in [9.17, 15) is 0 Å².